The van der Waals surface area contributed by atoms with E-state index in [4.69, 9.17) is 9.47 Å². The molecule has 13 nitrogen and oxygen atoms in total. The number of benzene rings is 1. The molecule has 290 valence electrons. The number of carbonyl (C=O) groups excluding carboxylic acids is 6. The van der Waals surface area contributed by atoms with E-state index in [0.717, 1.165) is 0 Å². The van der Waals surface area contributed by atoms with Crippen LogP contribution in [0, 0.1) is 23.1 Å². The van der Waals surface area contributed by atoms with Crippen molar-refractivity contribution in [3.05, 3.63) is 47.3 Å². The van der Waals surface area contributed by atoms with Gasteiger partial charge in [0.25, 0.3) is 0 Å². The van der Waals surface area contributed by atoms with Gasteiger partial charge in [0.15, 0.2) is 11.6 Å². The van der Waals surface area contributed by atoms with Crippen molar-refractivity contribution < 1.29 is 51.0 Å². The summed E-state index contributed by atoms with van der Waals surface area (Å²) in [5, 5.41) is -0.644. The Morgan fingerprint density at radius 2 is 1.81 bits per heavy atom. The van der Waals surface area contributed by atoms with E-state index in [9.17, 15) is 41.6 Å². The lowest BCUT2D eigenvalue weighted by Crippen LogP contribution is -2.46. The second-order valence-corrected chi connectivity index (χ2v) is 18.0. The number of likely N-dealkylation sites (tertiary alicyclic amines) is 1. The molecular formula is C38H50FN3O10S. The molecule has 2 heterocycles. The number of fused-ring (bicyclic) bond motifs is 1. The molecule has 2 aliphatic carbocycles. The third-order valence-corrected chi connectivity index (χ3v) is 12.4. The molecule has 15 heteroatoms. The number of sulfonamides is 1. The maximum absolute atomic E-state index is 14.4. The molecule has 1 aromatic rings. The number of esters is 1. The zero-order chi connectivity index (χ0) is 39.0. The summed E-state index contributed by atoms with van der Waals surface area (Å²) in [5.74, 6) is -4.66. The average molecular weight is 760 g/mol. The van der Waals surface area contributed by atoms with Gasteiger partial charge in [-0.2, -0.15) is 0 Å². The number of ether oxygens (including phenoxy) is 2. The highest BCUT2D eigenvalue weighted by Gasteiger charge is 2.61. The zero-order valence-electron chi connectivity index (χ0n) is 31.1. The molecule has 2 unspecified atom stereocenters. The number of Topliss-reactive ketones (excluding diaryl/α,β-unsaturated/α-hetero) is 2. The summed E-state index contributed by atoms with van der Waals surface area (Å²) in [6.07, 6.45) is -1.04. The Hall–Kier alpha value is -4.14. The number of amides is 3. The van der Waals surface area contributed by atoms with Crippen molar-refractivity contribution in [1.82, 2.24) is 14.5 Å². The second-order valence-electron chi connectivity index (χ2n) is 16.0. The van der Waals surface area contributed by atoms with Crippen LogP contribution in [0.25, 0.3) is 0 Å². The topological polar surface area (TPSA) is 174 Å². The molecule has 1 N–H and O–H groups in total. The Balaban J connectivity index is 1.39. The van der Waals surface area contributed by atoms with Gasteiger partial charge in [-0.05, 0) is 76.5 Å². The highest BCUT2D eigenvalue weighted by atomic mass is 32.2. The molecule has 3 fully saturated rings. The van der Waals surface area contributed by atoms with Crippen molar-refractivity contribution in [2.75, 3.05) is 6.54 Å². The second kappa shape index (κ2) is 15.3. The summed E-state index contributed by atoms with van der Waals surface area (Å²) in [6.45, 7) is 11.9. The van der Waals surface area contributed by atoms with Gasteiger partial charge in [0.1, 0.15) is 17.5 Å². The first-order valence-corrected chi connectivity index (χ1v) is 19.8. The number of allylic oxidation sites excluding steroid dienone is 1. The fourth-order valence-corrected chi connectivity index (χ4v) is 8.81. The molecule has 0 bridgehead atoms. The van der Waals surface area contributed by atoms with Crippen LogP contribution in [0.2, 0.25) is 0 Å². The van der Waals surface area contributed by atoms with Gasteiger partial charge in [-0.15, -0.1) is 0 Å². The van der Waals surface area contributed by atoms with Gasteiger partial charge in [-0.1, -0.05) is 32.1 Å². The minimum Gasteiger partial charge on any atom is -0.460 e. The number of hydrogen-bond acceptors (Lipinski definition) is 10. The van der Waals surface area contributed by atoms with Crippen molar-refractivity contribution >= 4 is 45.5 Å². The number of ketones is 2. The molecule has 5 rings (SSSR count). The molecule has 1 aromatic carbocycles. The lowest BCUT2D eigenvalue weighted by molar-refractivity contribution is -0.159. The third-order valence-electron chi connectivity index (χ3n) is 10.6. The van der Waals surface area contributed by atoms with Gasteiger partial charge in [-0.3, -0.25) is 33.6 Å². The summed E-state index contributed by atoms with van der Waals surface area (Å²) in [6, 6.07) is 3.38. The summed E-state index contributed by atoms with van der Waals surface area (Å²) in [4.78, 5) is 83.7. The Morgan fingerprint density at radius 3 is 2.40 bits per heavy atom. The predicted molar refractivity (Wildman–Crippen MR) is 190 cm³/mol. The van der Waals surface area contributed by atoms with Gasteiger partial charge in [0.2, 0.25) is 21.8 Å². The smallest absolute Gasteiger partial charge is 0.410 e. The molecule has 53 heavy (non-hydrogen) atoms. The highest BCUT2D eigenvalue weighted by Crippen LogP contribution is 2.58. The molecule has 2 saturated carbocycles. The standard InChI is InChI=1S/C38H50FN3O10S/c1-7-25-17-38(25,35(47)40-53(49,50)27-12-13-27)18-32(44)30-16-26(51-36(48)41-19-24-9-8-10-29(39)28(24)21-41)20-42(30)34(46)23(11-14-31(43)22(2)3)15-33(45)52-37(4,5)6/h8-10,23,25-27,30H,2,7,11-21H2,1,3-6H3,(H,40,47)/t23-,25-,26?,30?,38-/m1/s1. The predicted octanol–water partition coefficient (Wildman–Crippen LogP) is 4.50. The van der Waals surface area contributed by atoms with Crippen LogP contribution in [0.1, 0.15) is 104 Å². The number of rotatable bonds is 15. The van der Waals surface area contributed by atoms with E-state index in [-0.39, 0.29) is 75.4 Å². The first-order valence-electron chi connectivity index (χ1n) is 18.3. The lowest BCUT2D eigenvalue weighted by atomic mass is 9.90. The number of carbonyl (C=O) groups is 6. The fraction of sp³-hybridized carbons (Fsp3) is 0.632. The SMILES string of the molecule is C=C(C)C(=O)CC[C@H](CC(=O)OC(C)(C)C)C(=O)N1CC(OC(=O)N2Cc3cccc(F)c3C2)CC1C(=O)C[C@]1(C(=O)NS(=O)(=O)C2CC2)C[C@H]1CC. The van der Waals surface area contributed by atoms with Gasteiger partial charge < -0.3 is 14.4 Å². The van der Waals surface area contributed by atoms with Crippen LogP contribution in [-0.2, 0) is 56.6 Å². The summed E-state index contributed by atoms with van der Waals surface area (Å²) in [5.41, 5.74) is -0.858. The fourth-order valence-electron chi connectivity index (χ4n) is 7.42. The number of nitrogens with zero attached hydrogens (tertiary/aromatic N) is 2. The number of nitrogens with one attached hydrogen (secondary N) is 1. The molecule has 0 aromatic heterocycles. The van der Waals surface area contributed by atoms with Gasteiger partial charge in [-0.25, -0.2) is 17.6 Å². The van der Waals surface area contributed by atoms with Crippen LogP contribution in [0.4, 0.5) is 9.18 Å². The maximum atomic E-state index is 14.4. The van der Waals surface area contributed by atoms with Crippen LogP contribution >= 0.6 is 0 Å². The number of halogens is 1. The molecule has 0 radical (unpaired) electrons. The third kappa shape index (κ3) is 9.33. The summed E-state index contributed by atoms with van der Waals surface area (Å²) >= 11 is 0. The van der Waals surface area contributed by atoms with Crippen LogP contribution in [-0.4, -0.2) is 83.2 Å². The zero-order valence-corrected chi connectivity index (χ0v) is 31.9. The van der Waals surface area contributed by atoms with E-state index in [2.05, 4.69) is 11.3 Å². The van der Waals surface area contributed by atoms with Crippen LogP contribution in [0.5, 0.6) is 0 Å². The molecule has 5 atom stereocenters. The quantitative estimate of drug-likeness (QED) is 0.198. The van der Waals surface area contributed by atoms with Crippen molar-refractivity contribution in [1.29, 1.82) is 0 Å². The van der Waals surface area contributed by atoms with Crippen molar-refractivity contribution in [3.63, 3.8) is 0 Å². The van der Waals surface area contributed by atoms with E-state index >= 15 is 0 Å². The molecule has 4 aliphatic rings. The lowest BCUT2D eigenvalue weighted by Gasteiger charge is -2.29. The van der Waals surface area contributed by atoms with E-state index in [1.54, 1.807) is 32.9 Å². The normalized spacial score (nSPS) is 24.2. The highest BCUT2D eigenvalue weighted by molar-refractivity contribution is 7.90. The Bertz CT molecular complexity index is 1800. The molecular weight excluding hydrogens is 709 g/mol. The first kappa shape index (κ1) is 40.1. The van der Waals surface area contributed by atoms with Crippen LogP contribution in [0.15, 0.2) is 30.4 Å². The molecule has 2 aliphatic heterocycles. The van der Waals surface area contributed by atoms with Crippen molar-refractivity contribution in [2.24, 2.45) is 17.3 Å². The minimum absolute atomic E-state index is 0.0208. The Kier molecular flexibility index (Phi) is 11.6. The van der Waals surface area contributed by atoms with E-state index in [1.807, 2.05) is 6.92 Å². The summed E-state index contributed by atoms with van der Waals surface area (Å²) in [7, 11) is -3.89. The monoisotopic (exact) mass is 759 g/mol. The molecule has 3 amide bonds. The van der Waals surface area contributed by atoms with Crippen LogP contribution in [0.3, 0.4) is 0 Å². The van der Waals surface area contributed by atoms with Gasteiger partial charge in [0.05, 0.1) is 36.2 Å². The Labute approximate surface area is 310 Å². The minimum atomic E-state index is -3.89. The van der Waals surface area contributed by atoms with Gasteiger partial charge >= 0.3 is 12.1 Å². The van der Waals surface area contributed by atoms with Crippen molar-refractivity contribution in [3.8, 4) is 0 Å². The number of hydrogen-bond donors (Lipinski definition) is 1. The van der Waals surface area contributed by atoms with Crippen molar-refractivity contribution in [2.45, 2.75) is 128 Å². The molecule has 1 saturated heterocycles. The Morgan fingerprint density at radius 1 is 1.11 bits per heavy atom. The first-order chi connectivity index (χ1) is 24.7. The summed E-state index contributed by atoms with van der Waals surface area (Å²) < 4.78 is 53.3. The van der Waals surface area contributed by atoms with E-state index in [1.165, 1.54) is 22.8 Å². The van der Waals surface area contributed by atoms with Crippen LogP contribution < -0.4 is 4.72 Å². The molecule has 0 spiro atoms. The maximum Gasteiger partial charge on any atom is 0.410 e. The van der Waals surface area contributed by atoms with Gasteiger partial charge in [0, 0.05) is 37.3 Å². The van der Waals surface area contributed by atoms with E-state index < -0.39 is 79.8 Å². The largest absolute Gasteiger partial charge is 0.460 e. The van der Waals surface area contributed by atoms with E-state index in [0.29, 0.717) is 30.4 Å². The average Bonchev–Trinajstić information content (AvgIpc) is 3.96.